The topological polar surface area (TPSA) is 0 Å². The molecular weight excluding hydrogens is 224 g/mol. The Balaban J connectivity index is 2.41. The second kappa shape index (κ2) is 4.15. The first-order chi connectivity index (χ1) is 8.33. The van der Waals surface area contributed by atoms with Crippen LogP contribution in [0.4, 0.5) is 0 Å². The number of rotatable bonds is 2. The second-order valence-electron chi connectivity index (χ2n) is 4.42. The van der Waals surface area contributed by atoms with E-state index in [4.69, 9.17) is 0 Å². The molecule has 0 radical (unpaired) electrons. The molecule has 0 aliphatic carbocycles. The maximum Gasteiger partial charge on any atom is 0.0358 e. The second-order valence-corrected chi connectivity index (χ2v) is 5.51. The van der Waals surface area contributed by atoms with Crippen LogP contribution in [0.5, 0.6) is 0 Å². The SMILES string of the molecule is CCc1cc2sc3ccccc3c2cc1CC. The molecule has 1 heterocycles. The number of aryl methyl sites for hydroxylation is 2. The molecule has 86 valence electrons. The molecule has 0 aliphatic heterocycles. The summed E-state index contributed by atoms with van der Waals surface area (Å²) in [6.45, 7) is 4.49. The summed E-state index contributed by atoms with van der Waals surface area (Å²) in [5, 5.41) is 2.84. The normalized spacial score (nSPS) is 11.4. The van der Waals surface area contributed by atoms with Crippen molar-refractivity contribution < 1.29 is 0 Å². The molecule has 0 saturated heterocycles. The van der Waals surface area contributed by atoms with Gasteiger partial charge in [-0.2, -0.15) is 0 Å². The van der Waals surface area contributed by atoms with Gasteiger partial charge in [0.15, 0.2) is 0 Å². The molecule has 0 nitrogen and oxygen atoms in total. The van der Waals surface area contributed by atoms with Crippen molar-refractivity contribution >= 4 is 31.5 Å². The van der Waals surface area contributed by atoms with E-state index in [2.05, 4.69) is 50.2 Å². The highest BCUT2D eigenvalue weighted by Gasteiger charge is 2.07. The quantitative estimate of drug-likeness (QED) is 0.579. The van der Waals surface area contributed by atoms with Gasteiger partial charge in [-0.15, -0.1) is 11.3 Å². The van der Waals surface area contributed by atoms with Crippen molar-refractivity contribution in [1.82, 2.24) is 0 Å². The van der Waals surface area contributed by atoms with E-state index in [0.29, 0.717) is 0 Å². The van der Waals surface area contributed by atoms with E-state index < -0.39 is 0 Å². The fraction of sp³-hybridized carbons (Fsp3) is 0.250. The largest absolute Gasteiger partial charge is 0.135 e. The van der Waals surface area contributed by atoms with Gasteiger partial charge in [0.05, 0.1) is 0 Å². The molecule has 0 N–H and O–H groups in total. The third-order valence-electron chi connectivity index (χ3n) is 3.46. The molecule has 0 unspecified atom stereocenters. The van der Waals surface area contributed by atoms with E-state index in [9.17, 15) is 0 Å². The first-order valence-corrected chi connectivity index (χ1v) is 7.08. The lowest BCUT2D eigenvalue weighted by molar-refractivity contribution is 1.04. The monoisotopic (exact) mass is 240 g/mol. The number of hydrogen-bond acceptors (Lipinski definition) is 1. The molecule has 0 aliphatic rings. The highest BCUT2D eigenvalue weighted by atomic mass is 32.1. The molecule has 0 bridgehead atoms. The van der Waals surface area contributed by atoms with E-state index in [1.807, 2.05) is 11.3 Å². The predicted molar refractivity (Wildman–Crippen MR) is 78.1 cm³/mol. The third kappa shape index (κ3) is 1.66. The van der Waals surface area contributed by atoms with Gasteiger partial charge in [0.2, 0.25) is 0 Å². The molecule has 1 heteroatoms. The molecular formula is C16H16S. The summed E-state index contributed by atoms with van der Waals surface area (Å²) in [4.78, 5) is 0. The lowest BCUT2D eigenvalue weighted by Crippen LogP contribution is -1.89. The third-order valence-corrected chi connectivity index (χ3v) is 4.59. The van der Waals surface area contributed by atoms with E-state index >= 15 is 0 Å². The van der Waals surface area contributed by atoms with E-state index in [0.717, 1.165) is 12.8 Å². The smallest absolute Gasteiger partial charge is 0.0358 e. The average Bonchev–Trinajstić information content (AvgIpc) is 2.74. The molecule has 17 heavy (non-hydrogen) atoms. The van der Waals surface area contributed by atoms with Crippen LogP contribution < -0.4 is 0 Å². The Morgan fingerprint density at radius 3 is 2.29 bits per heavy atom. The number of fused-ring (bicyclic) bond motifs is 3. The van der Waals surface area contributed by atoms with Crippen LogP contribution in [-0.2, 0) is 12.8 Å². The van der Waals surface area contributed by atoms with E-state index in [1.165, 1.54) is 31.3 Å². The number of benzene rings is 2. The molecule has 0 spiro atoms. The molecule has 0 saturated carbocycles. The van der Waals surface area contributed by atoms with Crippen molar-refractivity contribution in [2.75, 3.05) is 0 Å². The van der Waals surface area contributed by atoms with Crippen molar-refractivity contribution in [2.24, 2.45) is 0 Å². The minimum absolute atomic E-state index is 1.13. The van der Waals surface area contributed by atoms with Gasteiger partial charge in [0.1, 0.15) is 0 Å². The Bertz CT molecular complexity index is 676. The summed E-state index contributed by atoms with van der Waals surface area (Å²) in [5.41, 5.74) is 3.01. The Kier molecular flexibility index (Phi) is 2.64. The van der Waals surface area contributed by atoms with Crippen LogP contribution in [0.1, 0.15) is 25.0 Å². The fourth-order valence-electron chi connectivity index (χ4n) is 2.52. The maximum absolute atomic E-state index is 2.40. The zero-order valence-electron chi connectivity index (χ0n) is 10.3. The van der Waals surface area contributed by atoms with Gasteiger partial charge in [-0.05, 0) is 42.2 Å². The standard InChI is InChI=1S/C16H16S/c1-3-11-9-14-13-7-5-6-8-15(13)17-16(14)10-12(11)4-2/h5-10H,3-4H2,1-2H3. The van der Waals surface area contributed by atoms with Gasteiger partial charge >= 0.3 is 0 Å². The van der Waals surface area contributed by atoms with Crippen molar-refractivity contribution in [2.45, 2.75) is 26.7 Å². The minimum Gasteiger partial charge on any atom is -0.135 e. The molecule has 0 amide bonds. The van der Waals surface area contributed by atoms with Crippen LogP contribution in [-0.4, -0.2) is 0 Å². The van der Waals surface area contributed by atoms with Crippen LogP contribution in [0.15, 0.2) is 36.4 Å². The Hall–Kier alpha value is -1.34. The zero-order chi connectivity index (χ0) is 11.8. The molecule has 0 atom stereocenters. The van der Waals surface area contributed by atoms with E-state index in [1.54, 1.807) is 0 Å². The van der Waals surface area contributed by atoms with Gasteiger partial charge in [-0.3, -0.25) is 0 Å². The van der Waals surface area contributed by atoms with Crippen molar-refractivity contribution in [3.8, 4) is 0 Å². The number of thiophene rings is 1. The molecule has 0 fully saturated rings. The summed E-state index contributed by atoms with van der Waals surface area (Å²) in [6, 6.07) is 13.5. The van der Waals surface area contributed by atoms with Crippen LogP contribution in [0.2, 0.25) is 0 Å². The summed E-state index contributed by atoms with van der Waals surface area (Å²) < 4.78 is 2.83. The first-order valence-electron chi connectivity index (χ1n) is 6.26. The molecule has 3 rings (SSSR count). The van der Waals surface area contributed by atoms with Gasteiger partial charge in [-0.1, -0.05) is 32.0 Å². The summed E-state index contributed by atoms with van der Waals surface area (Å²) in [7, 11) is 0. The van der Waals surface area contributed by atoms with Crippen molar-refractivity contribution in [3.63, 3.8) is 0 Å². The van der Waals surface area contributed by atoms with Gasteiger partial charge < -0.3 is 0 Å². The Labute approximate surface area is 106 Å². The van der Waals surface area contributed by atoms with Crippen LogP contribution in [0.3, 0.4) is 0 Å². The fourth-order valence-corrected chi connectivity index (χ4v) is 3.67. The highest BCUT2D eigenvalue weighted by molar-refractivity contribution is 7.25. The van der Waals surface area contributed by atoms with Crippen LogP contribution >= 0.6 is 11.3 Å². The maximum atomic E-state index is 2.40. The Morgan fingerprint density at radius 1 is 0.824 bits per heavy atom. The lowest BCUT2D eigenvalue weighted by Gasteiger charge is -2.05. The lowest BCUT2D eigenvalue weighted by atomic mass is 10.00. The number of hydrogen-bond donors (Lipinski definition) is 0. The van der Waals surface area contributed by atoms with Crippen LogP contribution in [0, 0.1) is 0 Å². The Morgan fingerprint density at radius 2 is 1.53 bits per heavy atom. The van der Waals surface area contributed by atoms with Crippen molar-refractivity contribution in [1.29, 1.82) is 0 Å². The zero-order valence-corrected chi connectivity index (χ0v) is 11.1. The average molecular weight is 240 g/mol. The van der Waals surface area contributed by atoms with Gasteiger partial charge in [0.25, 0.3) is 0 Å². The molecule has 2 aromatic carbocycles. The summed E-state index contributed by atoms with van der Waals surface area (Å²) >= 11 is 1.91. The summed E-state index contributed by atoms with van der Waals surface area (Å²) in [6.07, 6.45) is 2.26. The van der Waals surface area contributed by atoms with Crippen LogP contribution in [0.25, 0.3) is 20.2 Å². The predicted octanol–water partition coefficient (Wildman–Crippen LogP) is 5.18. The van der Waals surface area contributed by atoms with Gasteiger partial charge in [-0.25, -0.2) is 0 Å². The highest BCUT2D eigenvalue weighted by Crippen LogP contribution is 2.35. The first kappa shape index (κ1) is 10.8. The molecule has 1 aromatic heterocycles. The minimum atomic E-state index is 1.13. The van der Waals surface area contributed by atoms with E-state index in [-0.39, 0.29) is 0 Å². The summed E-state index contributed by atoms with van der Waals surface area (Å²) in [5.74, 6) is 0. The van der Waals surface area contributed by atoms with Crippen molar-refractivity contribution in [3.05, 3.63) is 47.5 Å². The van der Waals surface area contributed by atoms with Gasteiger partial charge in [0, 0.05) is 20.2 Å². The molecule has 3 aromatic rings.